The van der Waals surface area contributed by atoms with E-state index in [1.807, 2.05) is 67.5 Å². The van der Waals surface area contributed by atoms with Gasteiger partial charge in [-0.3, -0.25) is 4.79 Å². The number of nitrogens with one attached hydrogen (secondary N) is 1. The third-order valence-electron chi connectivity index (χ3n) is 3.68. The van der Waals surface area contributed by atoms with E-state index in [-0.39, 0.29) is 5.91 Å². The summed E-state index contributed by atoms with van der Waals surface area (Å²) in [4.78, 5) is 20.4. The van der Waals surface area contributed by atoms with Gasteiger partial charge in [0, 0.05) is 36.2 Å². The van der Waals surface area contributed by atoms with Crippen molar-refractivity contribution < 1.29 is 4.79 Å². The molecule has 0 aliphatic rings. The van der Waals surface area contributed by atoms with E-state index in [2.05, 4.69) is 26.2 Å². The Bertz CT molecular complexity index is 857. The minimum atomic E-state index is -0.0648. The molecule has 6 heteroatoms. The van der Waals surface area contributed by atoms with Crippen LogP contribution in [0.2, 0.25) is 0 Å². The first kappa shape index (κ1) is 17.6. The zero-order valence-electron chi connectivity index (χ0n) is 14.0. The van der Waals surface area contributed by atoms with Gasteiger partial charge in [-0.2, -0.15) is 0 Å². The van der Waals surface area contributed by atoms with E-state index in [0.29, 0.717) is 11.4 Å². The van der Waals surface area contributed by atoms with Crippen molar-refractivity contribution >= 4 is 39.0 Å². The zero-order valence-corrected chi connectivity index (χ0v) is 16.4. The Labute approximate surface area is 159 Å². The lowest BCUT2D eigenvalue weighted by Crippen LogP contribution is -2.22. The molecule has 0 saturated heterocycles. The van der Waals surface area contributed by atoms with E-state index in [1.54, 1.807) is 6.20 Å². The van der Waals surface area contributed by atoms with Crippen LogP contribution in [-0.2, 0) is 6.54 Å². The molecule has 0 atom stereocenters. The van der Waals surface area contributed by atoms with E-state index < -0.39 is 0 Å². The Balaban J connectivity index is 1.63. The van der Waals surface area contributed by atoms with Gasteiger partial charge in [-0.1, -0.05) is 34.1 Å². The molecule has 0 aliphatic heterocycles. The van der Waals surface area contributed by atoms with Crippen LogP contribution in [0.3, 0.4) is 0 Å². The molecule has 0 aliphatic carbocycles. The van der Waals surface area contributed by atoms with Crippen molar-refractivity contribution in [1.82, 2.24) is 10.3 Å². The number of halogens is 1. The lowest BCUT2D eigenvalue weighted by atomic mass is 10.2. The van der Waals surface area contributed by atoms with Gasteiger partial charge in [0.1, 0.15) is 5.82 Å². The number of hydrogen-bond donors (Lipinski definition) is 1. The van der Waals surface area contributed by atoms with Crippen molar-refractivity contribution in [3.05, 3.63) is 69.6 Å². The van der Waals surface area contributed by atoms with Crippen LogP contribution < -0.4 is 10.2 Å². The second-order valence-corrected chi connectivity index (χ2v) is 7.77. The molecule has 4 nitrogen and oxygen atoms in total. The van der Waals surface area contributed by atoms with Crippen LogP contribution in [0, 0.1) is 0 Å². The van der Waals surface area contributed by atoms with Crippen LogP contribution in [0.4, 0.5) is 5.82 Å². The standard InChI is InChI=1S/C19H18BrN3OS/c1-23(2)18-10-3-13(11-21-18)12-22-19(24)17-9-8-16(25-17)14-4-6-15(20)7-5-14/h3-11H,12H2,1-2H3,(H,22,24). The summed E-state index contributed by atoms with van der Waals surface area (Å²) in [6.45, 7) is 0.463. The number of rotatable bonds is 5. The van der Waals surface area contributed by atoms with Crippen molar-refractivity contribution in [2.75, 3.05) is 19.0 Å². The van der Waals surface area contributed by atoms with Crippen molar-refractivity contribution in [2.24, 2.45) is 0 Å². The molecule has 0 unspecified atom stereocenters. The largest absolute Gasteiger partial charge is 0.363 e. The van der Waals surface area contributed by atoms with Crippen molar-refractivity contribution in [1.29, 1.82) is 0 Å². The minimum Gasteiger partial charge on any atom is -0.363 e. The topological polar surface area (TPSA) is 45.2 Å². The van der Waals surface area contributed by atoms with Gasteiger partial charge in [0.05, 0.1) is 4.88 Å². The SMILES string of the molecule is CN(C)c1ccc(CNC(=O)c2ccc(-c3ccc(Br)cc3)s2)cn1. The molecule has 0 spiro atoms. The summed E-state index contributed by atoms with van der Waals surface area (Å²) >= 11 is 4.92. The summed E-state index contributed by atoms with van der Waals surface area (Å²) in [7, 11) is 3.90. The fourth-order valence-corrected chi connectivity index (χ4v) is 3.48. The van der Waals surface area contributed by atoms with E-state index in [4.69, 9.17) is 0 Å². The summed E-state index contributed by atoms with van der Waals surface area (Å²) < 4.78 is 1.04. The first-order chi connectivity index (χ1) is 12.0. The molecule has 1 aromatic carbocycles. The van der Waals surface area contributed by atoms with Crippen LogP contribution in [0.5, 0.6) is 0 Å². The number of benzene rings is 1. The minimum absolute atomic E-state index is 0.0648. The first-order valence-electron chi connectivity index (χ1n) is 7.79. The number of anilines is 1. The van der Waals surface area contributed by atoms with Gasteiger partial charge < -0.3 is 10.2 Å². The van der Waals surface area contributed by atoms with Gasteiger partial charge in [-0.05, 0) is 41.5 Å². The number of aromatic nitrogens is 1. The smallest absolute Gasteiger partial charge is 0.261 e. The Morgan fingerprint density at radius 3 is 2.52 bits per heavy atom. The number of carbonyl (C=O) groups excluding carboxylic acids is 1. The summed E-state index contributed by atoms with van der Waals surface area (Å²) in [5, 5.41) is 2.95. The molecular formula is C19H18BrN3OS. The Morgan fingerprint density at radius 2 is 1.88 bits per heavy atom. The van der Waals surface area contributed by atoms with Crippen LogP contribution in [0.15, 0.2) is 59.2 Å². The van der Waals surface area contributed by atoms with Crippen LogP contribution in [0.25, 0.3) is 10.4 Å². The molecule has 0 bridgehead atoms. The third kappa shape index (κ3) is 4.46. The maximum atomic E-state index is 12.4. The number of hydrogen-bond acceptors (Lipinski definition) is 4. The van der Waals surface area contributed by atoms with Gasteiger partial charge >= 0.3 is 0 Å². The molecule has 3 rings (SSSR count). The number of pyridine rings is 1. The molecule has 3 aromatic rings. The Kier molecular flexibility index (Phi) is 5.50. The molecule has 2 aromatic heterocycles. The average molecular weight is 416 g/mol. The molecule has 0 saturated carbocycles. The van der Waals surface area contributed by atoms with Gasteiger partial charge in [-0.25, -0.2) is 4.98 Å². The predicted octanol–water partition coefficient (Wildman–Crippen LogP) is 4.57. The third-order valence-corrected chi connectivity index (χ3v) is 5.34. The average Bonchev–Trinajstić information content (AvgIpc) is 3.11. The molecule has 1 N–H and O–H groups in total. The highest BCUT2D eigenvalue weighted by molar-refractivity contribution is 9.10. The van der Waals surface area contributed by atoms with Crippen molar-refractivity contribution in [2.45, 2.75) is 6.54 Å². The van der Waals surface area contributed by atoms with Gasteiger partial charge in [0.25, 0.3) is 5.91 Å². The van der Waals surface area contributed by atoms with Crippen molar-refractivity contribution in [3.63, 3.8) is 0 Å². The van der Waals surface area contributed by atoms with Gasteiger partial charge in [-0.15, -0.1) is 11.3 Å². The van der Waals surface area contributed by atoms with E-state index >= 15 is 0 Å². The number of amides is 1. The maximum absolute atomic E-state index is 12.4. The lowest BCUT2D eigenvalue weighted by molar-refractivity contribution is 0.0955. The highest BCUT2D eigenvalue weighted by Crippen LogP contribution is 2.29. The number of thiophene rings is 1. The molecule has 25 heavy (non-hydrogen) atoms. The monoisotopic (exact) mass is 415 g/mol. The quantitative estimate of drug-likeness (QED) is 0.663. The fraction of sp³-hybridized carbons (Fsp3) is 0.158. The van der Waals surface area contributed by atoms with Gasteiger partial charge in [0.15, 0.2) is 0 Å². The van der Waals surface area contributed by atoms with Crippen LogP contribution in [-0.4, -0.2) is 25.0 Å². The summed E-state index contributed by atoms with van der Waals surface area (Å²) in [5.74, 6) is 0.831. The molecule has 0 radical (unpaired) electrons. The fourth-order valence-electron chi connectivity index (χ4n) is 2.28. The van der Waals surface area contributed by atoms with E-state index in [0.717, 1.165) is 26.3 Å². The molecule has 2 heterocycles. The summed E-state index contributed by atoms with van der Waals surface area (Å²) in [5.41, 5.74) is 2.08. The second-order valence-electron chi connectivity index (χ2n) is 5.77. The van der Waals surface area contributed by atoms with E-state index in [9.17, 15) is 4.79 Å². The predicted molar refractivity (Wildman–Crippen MR) is 107 cm³/mol. The van der Waals surface area contributed by atoms with Crippen molar-refractivity contribution in [3.8, 4) is 10.4 Å². The summed E-state index contributed by atoms with van der Waals surface area (Å²) in [6, 6.07) is 15.8. The first-order valence-corrected chi connectivity index (χ1v) is 9.40. The molecule has 0 fully saturated rings. The van der Waals surface area contributed by atoms with Crippen LogP contribution in [0.1, 0.15) is 15.2 Å². The van der Waals surface area contributed by atoms with Gasteiger partial charge in [0.2, 0.25) is 0 Å². The summed E-state index contributed by atoms with van der Waals surface area (Å²) in [6.07, 6.45) is 1.79. The number of nitrogens with zero attached hydrogens (tertiary/aromatic N) is 2. The lowest BCUT2D eigenvalue weighted by Gasteiger charge is -2.11. The normalized spacial score (nSPS) is 10.5. The van der Waals surface area contributed by atoms with E-state index in [1.165, 1.54) is 11.3 Å². The number of carbonyl (C=O) groups is 1. The highest BCUT2D eigenvalue weighted by Gasteiger charge is 2.10. The molecule has 1 amide bonds. The maximum Gasteiger partial charge on any atom is 0.261 e. The highest BCUT2D eigenvalue weighted by atomic mass is 79.9. The molecular weight excluding hydrogens is 398 g/mol. The Hall–Kier alpha value is -2.18. The molecule has 128 valence electrons. The zero-order chi connectivity index (χ0) is 17.8. The Morgan fingerprint density at radius 1 is 1.12 bits per heavy atom. The van der Waals surface area contributed by atoms with Crippen LogP contribution >= 0.6 is 27.3 Å². The second kappa shape index (κ2) is 7.80.